The third-order valence-corrected chi connectivity index (χ3v) is 3.87. The van der Waals surface area contributed by atoms with Gasteiger partial charge in [-0.15, -0.1) is 0 Å². The summed E-state index contributed by atoms with van der Waals surface area (Å²) in [6.07, 6.45) is 5.85. The van der Waals surface area contributed by atoms with Gasteiger partial charge in [0.1, 0.15) is 0 Å². The van der Waals surface area contributed by atoms with Crippen LogP contribution < -0.4 is 5.32 Å². The molecule has 1 heterocycles. The molecule has 0 amide bonds. The second kappa shape index (κ2) is 4.23. The van der Waals surface area contributed by atoms with E-state index in [1.165, 1.54) is 19.1 Å². The standard InChI is InChI=1S/C12H21BN2O2/c1-11(2)12(3,4)17-13(16-11)9(7-14)8-15-10-5-6-10/h7-8,10,14-15H,5-6H2,1-4H3/p+1. The molecule has 0 radical (unpaired) electrons. The van der Waals surface area contributed by atoms with E-state index in [-0.39, 0.29) is 11.2 Å². The molecule has 1 saturated heterocycles. The van der Waals surface area contributed by atoms with E-state index in [0.717, 1.165) is 5.47 Å². The fourth-order valence-corrected chi connectivity index (χ4v) is 1.71. The number of nitrogens with one attached hydrogen (secondary N) is 1. The Morgan fingerprint density at radius 2 is 1.76 bits per heavy atom. The van der Waals surface area contributed by atoms with Gasteiger partial charge in [0.2, 0.25) is 0 Å². The summed E-state index contributed by atoms with van der Waals surface area (Å²) in [7, 11) is -0.410. The van der Waals surface area contributed by atoms with Crippen molar-refractivity contribution in [3.63, 3.8) is 0 Å². The molecule has 5 heteroatoms. The first-order valence-electron chi connectivity index (χ1n) is 6.27. The van der Waals surface area contributed by atoms with Crippen LogP contribution in [0.5, 0.6) is 0 Å². The normalized spacial score (nSPS) is 27.3. The average Bonchev–Trinajstić information content (AvgIpc) is 2.97. The van der Waals surface area contributed by atoms with Gasteiger partial charge in [0, 0.05) is 19.1 Å². The van der Waals surface area contributed by atoms with Gasteiger partial charge in [-0.25, -0.2) is 0 Å². The van der Waals surface area contributed by atoms with Crippen LogP contribution in [0.4, 0.5) is 0 Å². The van der Waals surface area contributed by atoms with Gasteiger partial charge < -0.3 is 20.0 Å². The number of allylic oxidation sites excluding steroid dienone is 1. The Hall–Kier alpha value is -0.645. The molecule has 1 saturated carbocycles. The molecule has 0 bridgehead atoms. The lowest BCUT2D eigenvalue weighted by molar-refractivity contribution is -0.602. The third kappa shape index (κ3) is 2.62. The van der Waals surface area contributed by atoms with E-state index in [1.54, 1.807) is 0 Å². The van der Waals surface area contributed by atoms with Crippen LogP contribution in [-0.2, 0) is 9.31 Å². The van der Waals surface area contributed by atoms with Gasteiger partial charge >= 0.3 is 7.12 Å². The quantitative estimate of drug-likeness (QED) is 0.563. The van der Waals surface area contributed by atoms with Crippen LogP contribution >= 0.6 is 0 Å². The van der Waals surface area contributed by atoms with Gasteiger partial charge in [0.25, 0.3) is 0 Å². The summed E-state index contributed by atoms with van der Waals surface area (Å²) < 4.78 is 11.8. The van der Waals surface area contributed by atoms with Crippen LogP contribution in [0.25, 0.3) is 0 Å². The average molecular weight is 237 g/mol. The highest BCUT2D eigenvalue weighted by molar-refractivity contribution is 6.60. The SMILES string of the molecule is CC1(C)OB(C(C=N)=C[NH2+]C2CC2)OC1(C)C. The summed E-state index contributed by atoms with van der Waals surface area (Å²) in [4.78, 5) is 0. The van der Waals surface area contributed by atoms with Crippen LogP contribution in [0.2, 0.25) is 0 Å². The van der Waals surface area contributed by atoms with Crippen molar-refractivity contribution >= 4 is 13.3 Å². The predicted octanol–water partition coefficient (Wildman–Crippen LogP) is 0.877. The highest BCUT2D eigenvalue weighted by Gasteiger charge is 2.52. The molecule has 4 nitrogen and oxygen atoms in total. The highest BCUT2D eigenvalue weighted by atomic mass is 16.7. The topological polar surface area (TPSA) is 58.9 Å². The smallest absolute Gasteiger partial charge is 0.399 e. The Morgan fingerprint density at radius 3 is 2.18 bits per heavy atom. The summed E-state index contributed by atoms with van der Waals surface area (Å²) in [6, 6.07) is 0.701. The van der Waals surface area contributed by atoms with Crippen LogP contribution in [0, 0.1) is 5.41 Å². The molecule has 0 aromatic carbocycles. The minimum atomic E-state index is -0.410. The largest absolute Gasteiger partial charge is 0.501 e. The molecule has 2 fully saturated rings. The van der Waals surface area contributed by atoms with E-state index >= 15 is 0 Å². The molecule has 0 atom stereocenters. The van der Waals surface area contributed by atoms with Crippen molar-refractivity contribution in [2.24, 2.45) is 0 Å². The minimum absolute atomic E-state index is 0.334. The Balaban J connectivity index is 2.06. The summed E-state index contributed by atoms with van der Waals surface area (Å²) in [6.45, 7) is 8.11. The monoisotopic (exact) mass is 237 g/mol. The molecule has 2 aliphatic rings. The fourth-order valence-electron chi connectivity index (χ4n) is 1.71. The number of hydrogen-bond acceptors (Lipinski definition) is 3. The Morgan fingerprint density at radius 1 is 1.24 bits per heavy atom. The van der Waals surface area contributed by atoms with Crippen molar-refractivity contribution in [2.75, 3.05) is 0 Å². The molecule has 17 heavy (non-hydrogen) atoms. The third-order valence-electron chi connectivity index (χ3n) is 3.87. The molecular formula is C12H22BN2O2+. The first-order valence-corrected chi connectivity index (χ1v) is 6.27. The second-order valence-electron chi connectivity index (χ2n) is 5.93. The number of quaternary nitrogens is 1. The van der Waals surface area contributed by atoms with Crippen LogP contribution in [-0.4, -0.2) is 30.6 Å². The Bertz CT molecular complexity index is 332. The summed E-state index contributed by atoms with van der Waals surface area (Å²) >= 11 is 0. The first-order chi connectivity index (χ1) is 7.86. The molecule has 3 N–H and O–H groups in total. The Labute approximate surface area is 103 Å². The van der Waals surface area contributed by atoms with Gasteiger partial charge in [-0.2, -0.15) is 0 Å². The summed E-state index contributed by atoms with van der Waals surface area (Å²) in [5.74, 6) is 0. The molecule has 0 aromatic heterocycles. The molecule has 2 rings (SSSR count). The maximum Gasteiger partial charge on any atom is 0.501 e. The summed E-state index contributed by atoms with van der Waals surface area (Å²) in [5, 5.41) is 9.63. The molecule has 0 spiro atoms. The molecule has 0 unspecified atom stereocenters. The van der Waals surface area contributed by atoms with E-state index in [9.17, 15) is 0 Å². The van der Waals surface area contributed by atoms with Crippen LogP contribution in [0.3, 0.4) is 0 Å². The fraction of sp³-hybridized carbons (Fsp3) is 0.750. The lowest BCUT2D eigenvalue weighted by Gasteiger charge is -2.32. The molecular weight excluding hydrogens is 215 g/mol. The molecule has 94 valence electrons. The van der Waals surface area contributed by atoms with Crippen LogP contribution in [0.15, 0.2) is 11.7 Å². The molecule has 1 aliphatic carbocycles. The predicted molar refractivity (Wildman–Crippen MR) is 67.9 cm³/mol. The lowest BCUT2D eigenvalue weighted by atomic mass is 9.79. The summed E-state index contributed by atoms with van der Waals surface area (Å²) in [5.41, 5.74) is 0.133. The highest BCUT2D eigenvalue weighted by Crippen LogP contribution is 2.38. The van der Waals surface area contributed by atoms with E-state index in [2.05, 4.69) is 5.32 Å². The van der Waals surface area contributed by atoms with Gasteiger partial charge in [-0.05, 0) is 27.7 Å². The van der Waals surface area contributed by atoms with Crippen molar-refractivity contribution in [1.82, 2.24) is 0 Å². The van der Waals surface area contributed by atoms with Gasteiger partial charge in [-0.3, -0.25) is 0 Å². The molecule has 1 aliphatic heterocycles. The number of hydrogen-bond donors (Lipinski definition) is 2. The van der Waals surface area contributed by atoms with E-state index in [4.69, 9.17) is 14.7 Å². The van der Waals surface area contributed by atoms with Gasteiger partial charge in [0.05, 0.1) is 28.9 Å². The van der Waals surface area contributed by atoms with Crippen molar-refractivity contribution in [1.29, 1.82) is 5.41 Å². The molecule has 0 aromatic rings. The minimum Gasteiger partial charge on any atom is -0.399 e. The van der Waals surface area contributed by atoms with Gasteiger partial charge in [0.15, 0.2) is 0 Å². The second-order valence-corrected chi connectivity index (χ2v) is 5.93. The zero-order chi connectivity index (χ0) is 12.7. The van der Waals surface area contributed by atoms with Crippen molar-refractivity contribution in [3.8, 4) is 0 Å². The zero-order valence-electron chi connectivity index (χ0n) is 11.1. The van der Waals surface area contributed by atoms with Crippen molar-refractivity contribution < 1.29 is 14.6 Å². The van der Waals surface area contributed by atoms with Gasteiger partial charge in [-0.1, -0.05) is 0 Å². The maximum absolute atomic E-state index is 7.47. The zero-order valence-corrected chi connectivity index (χ0v) is 11.1. The Kier molecular flexibility index (Phi) is 3.18. The van der Waals surface area contributed by atoms with E-state index < -0.39 is 7.12 Å². The van der Waals surface area contributed by atoms with Crippen molar-refractivity contribution in [3.05, 3.63) is 11.7 Å². The van der Waals surface area contributed by atoms with Crippen LogP contribution in [0.1, 0.15) is 40.5 Å². The lowest BCUT2D eigenvalue weighted by Crippen LogP contribution is -2.80. The van der Waals surface area contributed by atoms with Crippen molar-refractivity contribution in [2.45, 2.75) is 57.8 Å². The first kappa shape index (κ1) is 12.8. The maximum atomic E-state index is 7.47. The number of rotatable bonds is 4. The van der Waals surface area contributed by atoms with E-state index in [0.29, 0.717) is 6.04 Å². The van der Waals surface area contributed by atoms with E-state index in [1.807, 2.05) is 33.9 Å². The number of nitrogens with two attached hydrogens (primary N) is 1.